The van der Waals surface area contributed by atoms with Crippen molar-refractivity contribution in [3.8, 4) is 0 Å². The third kappa shape index (κ3) is 4.50. The maximum atomic E-state index is 13.4. The summed E-state index contributed by atoms with van der Waals surface area (Å²) in [5, 5.41) is 15.3. The van der Waals surface area contributed by atoms with Crippen molar-refractivity contribution < 1.29 is 36.1 Å². The highest BCUT2D eigenvalue weighted by atomic mass is 79.9. The van der Waals surface area contributed by atoms with Crippen LogP contribution in [0.3, 0.4) is 0 Å². The zero-order valence-corrected chi connectivity index (χ0v) is 22.3. The molecule has 3 saturated heterocycles. The van der Waals surface area contributed by atoms with Crippen molar-refractivity contribution in [1.29, 1.82) is 0 Å². The molecule has 0 amide bonds. The fourth-order valence-electron chi connectivity index (χ4n) is 5.07. The molecule has 3 aromatic rings. The fraction of sp³-hybridized carbons (Fsp3) is 0.375. The van der Waals surface area contributed by atoms with Crippen molar-refractivity contribution in [2.24, 2.45) is 5.92 Å². The van der Waals surface area contributed by atoms with Gasteiger partial charge in [-0.05, 0) is 35.0 Å². The predicted octanol–water partition coefficient (Wildman–Crippen LogP) is 2.16. The number of nitrogens with zero attached hydrogens (tertiary/aromatic N) is 1. The van der Waals surface area contributed by atoms with E-state index in [-0.39, 0.29) is 23.1 Å². The zero-order valence-electron chi connectivity index (χ0n) is 17.5. The number of fused-ring (bicyclic) bond motifs is 3. The zero-order chi connectivity index (χ0) is 21.5. The lowest BCUT2D eigenvalue weighted by Gasteiger charge is -2.52. The van der Waals surface area contributed by atoms with Gasteiger partial charge in [-0.3, -0.25) is 0 Å². The topological polar surface area (TPSA) is 46.5 Å². The van der Waals surface area contributed by atoms with Gasteiger partial charge in [0, 0.05) is 28.8 Å². The van der Waals surface area contributed by atoms with Gasteiger partial charge in [-0.15, -0.1) is 22.7 Å². The van der Waals surface area contributed by atoms with E-state index in [4.69, 9.17) is 4.74 Å². The van der Waals surface area contributed by atoms with Gasteiger partial charge in [0.05, 0.1) is 22.8 Å². The maximum absolute atomic E-state index is 13.4. The average Bonchev–Trinajstić information content (AvgIpc) is 3.50. The predicted molar refractivity (Wildman–Crippen MR) is 127 cm³/mol. The number of hydrogen-bond donors (Lipinski definition) is 1. The molecule has 6 rings (SSSR count). The Labute approximate surface area is 215 Å². The number of carbonyl (C=O) groups excluding carboxylic acids is 1. The molecule has 0 aliphatic carbocycles. The van der Waals surface area contributed by atoms with E-state index in [9.17, 15) is 9.90 Å². The summed E-state index contributed by atoms with van der Waals surface area (Å²) in [7, 11) is 0. The smallest absolute Gasteiger partial charge is 0.349 e. The molecule has 0 radical (unpaired) electrons. The first-order valence-electron chi connectivity index (χ1n) is 10.6. The molecule has 1 aromatic carbocycles. The van der Waals surface area contributed by atoms with Gasteiger partial charge in [0.1, 0.15) is 13.1 Å². The van der Waals surface area contributed by atoms with Crippen molar-refractivity contribution in [1.82, 2.24) is 0 Å². The Morgan fingerprint density at radius 2 is 1.66 bits per heavy atom. The molecule has 32 heavy (non-hydrogen) atoms. The Hall–Kier alpha value is -1.03. The number of aliphatic hydroxyl groups is 1. The summed E-state index contributed by atoms with van der Waals surface area (Å²) >= 11 is 6.28. The number of hydrogen-bond acceptors (Lipinski definition) is 5. The van der Waals surface area contributed by atoms with Crippen LogP contribution in [-0.4, -0.2) is 41.3 Å². The molecule has 2 bridgehead atoms. The molecule has 3 aliphatic heterocycles. The van der Waals surface area contributed by atoms with Crippen LogP contribution in [0.4, 0.5) is 0 Å². The molecule has 170 valence electrons. The van der Waals surface area contributed by atoms with Crippen molar-refractivity contribution in [2.45, 2.75) is 31.1 Å². The molecule has 1 N–H and O–H groups in total. The molecular formula is C24H25Br2NO3S2. The van der Waals surface area contributed by atoms with Gasteiger partial charge < -0.3 is 31.3 Å². The van der Waals surface area contributed by atoms with Gasteiger partial charge in [0.2, 0.25) is 5.60 Å². The highest BCUT2D eigenvalue weighted by Gasteiger charge is 2.51. The van der Waals surface area contributed by atoms with Crippen LogP contribution in [0.2, 0.25) is 0 Å². The third-order valence-corrected chi connectivity index (χ3v) is 9.27. The Morgan fingerprint density at radius 3 is 2.19 bits per heavy atom. The van der Waals surface area contributed by atoms with Crippen LogP contribution in [-0.2, 0) is 21.7 Å². The summed E-state index contributed by atoms with van der Waals surface area (Å²) in [6.07, 6.45) is 1.97. The van der Waals surface area contributed by atoms with Gasteiger partial charge in [-0.1, -0.05) is 40.2 Å². The molecule has 3 aliphatic rings. The number of halogens is 2. The van der Waals surface area contributed by atoms with Crippen molar-refractivity contribution >= 4 is 44.6 Å². The Bertz CT molecular complexity index is 996. The number of ether oxygens (including phenoxy) is 1. The summed E-state index contributed by atoms with van der Waals surface area (Å²) in [6.45, 7) is 4.01. The SMILES string of the molecule is O=C(O[C@H]1C[N+]2(Cc3ccc(Br)cc3)CCC1CC2)C(O)(c1cccs1)c1cccs1.[Br-]. The first kappa shape index (κ1) is 24.1. The lowest BCUT2D eigenvalue weighted by Crippen LogP contribution is -3.00. The van der Waals surface area contributed by atoms with Crippen LogP contribution in [0.15, 0.2) is 63.8 Å². The summed E-state index contributed by atoms with van der Waals surface area (Å²) in [4.78, 5) is 14.7. The molecule has 8 heteroatoms. The molecule has 4 nitrogen and oxygen atoms in total. The monoisotopic (exact) mass is 597 g/mol. The number of piperidine rings is 3. The Kier molecular flexibility index (Phi) is 7.29. The Balaban J connectivity index is 0.00000245. The largest absolute Gasteiger partial charge is 1.00 e. The van der Waals surface area contributed by atoms with E-state index >= 15 is 0 Å². The minimum atomic E-state index is -1.73. The Morgan fingerprint density at radius 1 is 1.06 bits per heavy atom. The quantitative estimate of drug-likeness (QED) is 0.349. The molecule has 3 fully saturated rings. The normalized spacial score (nSPS) is 24.7. The average molecular weight is 599 g/mol. The maximum Gasteiger partial charge on any atom is 0.349 e. The summed E-state index contributed by atoms with van der Waals surface area (Å²) in [5.74, 6) is -0.164. The first-order valence-corrected chi connectivity index (χ1v) is 13.1. The molecule has 5 heterocycles. The van der Waals surface area contributed by atoms with E-state index in [0.717, 1.165) is 48.0 Å². The second-order valence-corrected chi connectivity index (χ2v) is 11.5. The second kappa shape index (κ2) is 9.68. The van der Waals surface area contributed by atoms with E-state index in [1.165, 1.54) is 28.2 Å². The van der Waals surface area contributed by atoms with Gasteiger partial charge >= 0.3 is 5.97 Å². The number of thiophene rings is 2. The van der Waals surface area contributed by atoms with Gasteiger partial charge in [-0.25, -0.2) is 4.79 Å². The molecule has 0 spiro atoms. The summed E-state index contributed by atoms with van der Waals surface area (Å²) in [5.41, 5.74) is -0.424. The van der Waals surface area contributed by atoms with E-state index in [1.54, 1.807) is 0 Å². The van der Waals surface area contributed by atoms with E-state index in [2.05, 4.69) is 40.2 Å². The molecule has 0 saturated carbocycles. The lowest BCUT2D eigenvalue weighted by atomic mass is 9.82. The van der Waals surface area contributed by atoms with Crippen molar-refractivity contribution in [2.75, 3.05) is 19.6 Å². The fourth-order valence-corrected chi connectivity index (χ4v) is 7.05. The summed E-state index contributed by atoms with van der Waals surface area (Å²) < 4.78 is 8.16. The lowest BCUT2D eigenvalue weighted by molar-refractivity contribution is -0.958. The van der Waals surface area contributed by atoms with E-state index in [1.807, 2.05) is 35.0 Å². The van der Waals surface area contributed by atoms with Crippen LogP contribution in [0.25, 0.3) is 0 Å². The number of carbonyl (C=O) groups is 1. The number of rotatable bonds is 6. The van der Waals surface area contributed by atoms with Crippen LogP contribution >= 0.6 is 38.6 Å². The van der Waals surface area contributed by atoms with Gasteiger partial charge in [-0.2, -0.15) is 0 Å². The minimum Gasteiger partial charge on any atom is -1.00 e. The van der Waals surface area contributed by atoms with Crippen molar-refractivity contribution in [3.63, 3.8) is 0 Å². The van der Waals surface area contributed by atoms with Crippen LogP contribution < -0.4 is 17.0 Å². The molecular weight excluding hydrogens is 574 g/mol. The van der Waals surface area contributed by atoms with Crippen molar-refractivity contribution in [3.05, 3.63) is 79.1 Å². The number of esters is 1. The van der Waals surface area contributed by atoms with Crippen LogP contribution in [0, 0.1) is 5.92 Å². The van der Waals surface area contributed by atoms with Crippen LogP contribution in [0.5, 0.6) is 0 Å². The number of quaternary nitrogens is 1. The third-order valence-electron chi connectivity index (χ3n) is 6.78. The first-order chi connectivity index (χ1) is 15.0. The molecule has 1 atom stereocenters. The van der Waals surface area contributed by atoms with E-state index in [0.29, 0.717) is 15.7 Å². The molecule has 2 aromatic heterocycles. The van der Waals surface area contributed by atoms with E-state index < -0.39 is 11.6 Å². The molecule has 0 unspecified atom stereocenters. The van der Waals surface area contributed by atoms with Gasteiger partial charge in [0.15, 0.2) is 6.10 Å². The standard InChI is InChI=1S/C24H25BrNO3S2.BrH/c25-19-7-5-17(6-8-19)15-26-11-9-18(10-12-26)20(16-26)29-23(27)24(28,21-3-1-13-30-21)22-4-2-14-31-22;/h1-8,13-14,18,20,28H,9-12,15-16H2;1H/q+1;/p-1/t18?,20-,26?;/m0./s1. The number of benzene rings is 1. The highest BCUT2D eigenvalue weighted by molar-refractivity contribution is 9.10. The highest BCUT2D eigenvalue weighted by Crippen LogP contribution is 2.41. The van der Waals surface area contributed by atoms with Gasteiger partial charge in [0.25, 0.3) is 0 Å². The van der Waals surface area contributed by atoms with Crippen LogP contribution in [0.1, 0.15) is 28.2 Å². The summed E-state index contributed by atoms with van der Waals surface area (Å²) in [6, 6.07) is 15.9. The second-order valence-electron chi connectivity index (χ2n) is 8.70. The minimum absolute atomic E-state index is 0.